The molecule has 0 heterocycles. The molecule has 0 bridgehead atoms. The van der Waals surface area contributed by atoms with Gasteiger partial charge in [0.05, 0.1) is 11.2 Å². The molecule has 126 valence electrons. The molecular weight excluding hydrogens is 322 g/mol. The van der Waals surface area contributed by atoms with Crippen molar-refractivity contribution in [3.05, 3.63) is 65.7 Å². The quantitative estimate of drug-likeness (QED) is 0.877. The van der Waals surface area contributed by atoms with Crippen LogP contribution in [-0.2, 0) is 26.5 Å². The summed E-state index contributed by atoms with van der Waals surface area (Å²) in [6.45, 7) is 0. The fourth-order valence-corrected chi connectivity index (χ4v) is 3.44. The average Bonchev–Trinajstić information content (AvgIpc) is 3.36. The molecule has 0 atom stereocenters. The molecule has 1 amide bonds. The van der Waals surface area contributed by atoms with E-state index in [2.05, 4.69) is 5.32 Å². The maximum absolute atomic E-state index is 12.6. The molecule has 3 rings (SSSR count). The number of carbonyl (C=O) groups is 1. The molecule has 2 aromatic rings. The van der Waals surface area contributed by atoms with Gasteiger partial charge in [-0.05, 0) is 42.5 Å². The maximum Gasteiger partial charge on any atom is 0.235 e. The minimum Gasteiger partial charge on any atom is -0.325 e. The number of amides is 1. The van der Waals surface area contributed by atoms with Gasteiger partial charge in [0.25, 0.3) is 0 Å². The van der Waals surface area contributed by atoms with Gasteiger partial charge in [-0.3, -0.25) is 4.79 Å². The lowest BCUT2D eigenvalue weighted by Crippen LogP contribution is -2.27. The molecule has 0 spiro atoms. The molecule has 1 N–H and O–H groups in total. The van der Waals surface area contributed by atoms with Crippen molar-refractivity contribution in [3.8, 4) is 0 Å². The summed E-state index contributed by atoms with van der Waals surface area (Å²) in [4.78, 5) is 12.6. The third-order valence-corrected chi connectivity index (χ3v) is 5.43. The number of nitrogens with one attached hydrogen (secondary N) is 1. The standard InChI is InChI=1S/C19H21NO3S/c1-24(22,23)14-11-15-7-9-17(10-8-15)20-18(21)19(12-13-19)16-5-3-2-4-6-16/h2-10H,11-14H2,1H3,(H,20,21). The second-order valence-electron chi connectivity index (χ2n) is 6.48. The Labute approximate surface area is 142 Å². The van der Waals surface area contributed by atoms with Crippen LogP contribution in [0.1, 0.15) is 24.0 Å². The van der Waals surface area contributed by atoms with E-state index in [1.165, 1.54) is 6.26 Å². The molecule has 1 fully saturated rings. The Kier molecular flexibility index (Phi) is 4.45. The lowest BCUT2D eigenvalue weighted by atomic mass is 9.95. The zero-order chi connectivity index (χ0) is 17.2. The highest BCUT2D eigenvalue weighted by molar-refractivity contribution is 7.90. The number of rotatable bonds is 6. The van der Waals surface area contributed by atoms with Gasteiger partial charge >= 0.3 is 0 Å². The number of hydrogen-bond donors (Lipinski definition) is 1. The normalized spacial score (nSPS) is 15.7. The molecule has 5 heteroatoms. The number of sulfone groups is 1. The van der Waals surface area contributed by atoms with Crippen molar-refractivity contribution < 1.29 is 13.2 Å². The Bertz CT molecular complexity index is 823. The van der Waals surface area contributed by atoms with Gasteiger partial charge in [0.1, 0.15) is 9.84 Å². The molecule has 1 aliphatic carbocycles. The predicted molar refractivity (Wildman–Crippen MR) is 95.8 cm³/mol. The molecule has 2 aromatic carbocycles. The summed E-state index contributed by atoms with van der Waals surface area (Å²) in [5, 5.41) is 2.99. The van der Waals surface area contributed by atoms with Gasteiger partial charge in [0.15, 0.2) is 0 Å². The molecule has 0 aromatic heterocycles. The first-order valence-electron chi connectivity index (χ1n) is 8.03. The summed E-state index contributed by atoms with van der Waals surface area (Å²) in [5.74, 6) is 0.160. The first kappa shape index (κ1) is 16.7. The van der Waals surface area contributed by atoms with E-state index in [4.69, 9.17) is 0 Å². The van der Waals surface area contributed by atoms with Crippen molar-refractivity contribution in [1.29, 1.82) is 0 Å². The minimum atomic E-state index is -2.96. The molecule has 24 heavy (non-hydrogen) atoms. The van der Waals surface area contributed by atoms with Crippen LogP contribution in [0.3, 0.4) is 0 Å². The first-order chi connectivity index (χ1) is 11.4. The molecule has 1 saturated carbocycles. The molecule has 0 radical (unpaired) electrons. The van der Waals surface area contributed by atoms with Crippen molar-refractivity contribution in [2.45, 2.75) is 24.7 Å². The van der Waals surface area contributed by atoms with Crippen molar-refractivity contribution in [3.63, 3.8) is 0 Å². The second kappa shape index (κ2) is 6.40. The van der Waals surface area contributed by atoms with Gasteiger partial charge in [-0.1, -0.05) is 42.5 Å². The lowest BCUT2D eigenvalue weighted by molar-refractivity contribution is -0.118. The molecular formula is C19H21NO3S. The zero-order valence-corrected chi connectivity index (χ0v) is 14.5. The van der Waals surface area contributed by atoms with E-state index < -0.39 is 15.3 Å². The fraction of sp³-hybridized carbons (Fsp3) is 0.316. The maximum atomic E-state index is 12.6. The smallest absolute Gasteiger partial charge is 0.235 e. The Morgan fingerprint density at radius 3 is 2.21 bits per heavy atom. The molecule has 0 aliphatic heterocycles. The Hall–Kier alpha value is -2.14. The van der Waals surface area contributed by atoms with Crippen LogP contribution in [0, 0.1) is 0 Å². The summed E-state index contributed by atoms with van der Waals surface area (Å²) < 4.78 is 22.4. The average molecular weight is 343 g/mol. The topological polar surface area (TPSA) is 63.2 Å². The second-order valence-corrected chi connectivity index (χ2v) is 8.74. The van der Waals surface area contributed by atoms with Crippen LogP contribution in [-0.4, -0.2) is 26.3 Å². The largest absolute Gasteiger partial charge is 0.325 e. The van der Waals surface area contributed by atoms with Crippen LogP contribution in [0.25, 0.3) is 0 Å². The third-order valence-electron chi connectivity index (χ3n) is 4.48. The van der Waals surface area contributed by atoms with Crippen LogP contribution in [0.15, 0.2) is 54.6 Å². The van der Waals surface area contributed by atoms with E-state index >= 15 is 0 Å². The van der Waals surface area contributed by atoms with E-state index in [9.17, 15) is 13.2 Å². The van der Waals surface area contributed by atoms with Gasteiger partial charge in [-0.15, -0.1) is 0 Å². The molecule has 1 aliphatic rings. The van der Waals surface area contributed by atoms with E-state index in [-0.39, 0.29) is 11.7 Å². The number of anilines is 1. The summed E-state index contributed by atoms with van der Waals surface area (Å²) in [6, 6.07) is 17.3. The van der Waals surface area contributed by atoms with Crippen molar-refractivity contribution in [2.75, 3.05) is 17.3 Å². The van der Waals surface area contributed by atoms with Crippen LogP contribution in [0.2, 0.25) is 0 Å². The van der Waals surface area contributed by atoms with Gasteiger partial charge in [-0.2, -0.15) is 0 Å². The number of carbonyl (C=O) groups excluding carboxylic acids is 1. The van der Waals surface area contributed by atoms with Crippen molar-refractivity contribution in [2.24, 2.45) is 0 Å². The minimum absolute atomic E-state index is 0.0255. The Morgan fingerprint density at radius 2 is 1.67 bits per heavy atom. The summed E-state index contributed by atoms with van der Waals surface area (Å²) in [6.07, 6.45) is 3.46. The van der Waals surface area contributed by atoms with Crippen LogP contribution >= 0.6 is 0 Å². The van der Waals surface area contributed by atoms with E-state index in [0.717, 1.165) is 29.7 Å². The SMILES string of the molecule is CS(=O)(=O)CCc1ccc(NC(=O)C2(c3ccccc3)CC2)cc1. The summed E-state index contributed by atoms with van der Waals surface area (Å²) in [7, 11) is -2.96. The summed E-state index contributed by atoms with van der Waals surface area (Å²) >= 11 is 0. The lowest BCUT2D eigenvalue weighted by Gasteiger charge is -2.16. The van der Waals surface area contributed by atoms with E-state index in [0.29, 0.717) is 6.42 Å². The zero-order valence-electron chi connectivity index (χ0n) is 13.7. The van der Waals surface area contributed by atoms with E-state index in [1.807, 2.05) is 54.6 Å². The molecule has 0 unspecified atom stereocenters. The fourth-order valence-electron chi connectivity index (χ4n) is 2.84. The highest BCUT2D eigenvalue weighted by atomic mass is 32.2. The van der Waals surface area contributed by atoms with Crippen LogP contribution < -0.4 is 5.32 Å². The Morgan fingerprint density at radius 1 is 1.04 bits per heavy atom. The van der Waals surface area contributed by atoms with Crippen molar-refractivity contribution in [1.82, 2.24) is 0 Å². The van der Waals surface area contributed by atoms with Crippen molar-refractivity contribution >= 4 is 21.4 Å². The molecule has 0 saturated heterocycles. The monoisotopic (exact) mass is 343 g/mol. The molecule has 4 nitrogen and oxygen atoms in total. The number of aryl methyl sites for hydroxylation is 1. The van der Waals surface area contributed by atoms with Gasteiger partial charge in [0, 0.05) is 11.9 Å². The first-order valence-corrected chi connectivity index (χ1v) is 10.1. The van der Waals surface area contributed by atoms with Gasteiger partial charge in [-0.25, -0.2) is 8.42 Å². The highest BCUT2D eigenvalue weighted by Gasteiger charge is 2.51. The Balaban J connectivity index is 1.65. The van der Waals surface area contributed by atoms with Crippen LogP contribution in [0.5, 0.6) is 0 Å². The summed E-state index contributed by atoms with van der Waals surface area (Å²) in [5.41, 5.74) is 2.36. The number of hydrogen-bond acceptors (Lipinski definition) is 3. The third kappa shape index (κ3) is 3.85. The van der Waals surface area contributed by atoms with Crippen LogP contribution in [0.4, 0.5) is 5.69 Å². The van der Waals surface area contributed by atoms with E-state index in [1.54, 1.807) is 0 Å². The number of benzene rings is 2. The van der Waals surface area contributed by atoms with Gasteiger partial charge in [0.2, 0.25) is 5.91 Å². The predicted octanol–water partition coefficient (Wildman–Crippen LogP) is 2.94. The highest BCUT2D eigenvalue weighted by Crippen LogP contribution is 2.48. The van der Waals surface area contributed by atoms with Gasteiger partial charge < -0.3 is 5.32 Å².